The fraction of sp³-hybridized carbons (Fsp3) is 0.188. The molecule has 2 rings (SSSR count). The number of hydrogen-bond donors (Lipinski definition) is 0. The predicted molar refractivity (Wildman–Crippen MR) is 74.5 cm³/mol. The summed E-state index contributed by atoms with van der Waals surface area (Å²) >= 11 is 0. The highest BCUT2D eigenvalue weighted by Crippen LogP contribution is 2.36. The Morgan fingerprint density at radius 3 is 2.35 bits per heavy atom. The minimum atomic E-state index is -4.91. The number of carbonyl (C=O) groups excluding carboxylic acids is 1. The van der Waals surface area contributed by atoms with Gasteiger partial charge in [0.2, 0.25) is 0 Å². The van der Waals surface area contributed by atoms with Crippen molar-refractivity contribution in [3.05, 3.63) is 53.8 Å². The summed E-state index contributed by atoms with van der Waals surface area (Å²) in [5, 5.41) is 0. The Morgan fingerprint density at radius 2 is 1.70 bits per heavy atom. The lowest BCUT2D eigenvalue weighted by Gasteiger charge is -2.15. The van der Waals surface area contributed by atoms with Crippen LogP contribution in [0.1, 0.15) is 17.3 Å². The molecule has 0 aromatic heterocycles. The molecule has 2 aromatic carbocycles. The second kappa shape index (κ2) is 6.68. The third kappa shape index (κ3) is 4.00. The van der Waals surface area contributed by atoms with Gasteiger partial charge in [0.1, 0.15) is 17.1 Å². The number of esters is 1. The standard InChI is InChI=1S/C16H12F4O3/c1-2-22-15(21)14-11(7-5-8-12(14)17)10-6-3-4-9-13(10)23-16(18,19)20/h3-9H,2H2,1H3. The van der Waals surface area contributed by atoms with Crippen LogP contribution >= 0.6 is 0 Å². The second-order valence-electron chi connectivity index (χ2n) is 4.43. The molecule has 0 spiro atoms. The monoisotopic (exact) mass is 328 g/mol. The van der Waals surface area contributed by atoms with Gasteiger partial charge in [0.25, 0.3) is 0 Å². The van der Waals surface area contributed by atoms with Crippen LogP contribution in [0, 0.1) is 5.82 Å². The second-order valence-corrected chi connectivity index (χ2v) is 4.43. The van der Waals surface area contributed by atoms with Crippen LogP contribution in [0.25, 0.3) is 11.1 Å². The van der Waals surface area contributed by atoms with Gasteiger partial charge in [0.15, 0.2) is 0 Å². The van der Waals surface area contributed by atoms with E-state index in [0.717, 1.165) is 12.1 Å². The maximum Gasteiger partial charge on any atom is 0.573 e. The SMILES string of the molecule is CCOC(=O)c1c(F)cccc1-c1ccccc1OC(F)(F)F. The van der Waals surface area contributed by atoms with E-state index in [2.05, 4.69) is 4.74 Å². The maximum atomic E-state index is 14.0. The van der Waals surface area contributed by atoms with Gasteiger partial charge in [-0.1, -0.05) is 30.3 Å². The first-order valence-corrected chi connectivity index (χ1v) is 6.64. The Labute approximate surface area is 129 Å². The Balaban J connectivity index is 2.59. The number of ether oxygens (including phenoxy) is 2. The molecule has 0 heterocycles. The Kier molecular flexibility index (Phi) is 4.88. The van der Waals surface area contributed by atoms with Crippen LogP contribution in [0.4, 0.5) is 17.6 Å². The van der Waals surface area contributed by atoms with Crippen molar-refractivity contribution < 1.29 is 31.8 Å². The van der Waals surface area contributed by atoms with E-state index in [9.17, 15) is 22.4 Å². The van der Waals surface area contributed by atoms with Crippen molar-refractivity contribution in [2.45, 2.75) is 13.3 Å². The summed E-state index contributed by atoms with van der Waals surface area (Å²) < 4.78 is 60.3. The third-order valence-corrected chi connectivity index (χ3v) is 2.90. The van der Waals surface area contributed by atoms with E-state index in [0.29, 0.717) is 0 Å². The smallest absolute Gasteiger partial charge is 0.462 e. The molecule has 0 N–H and O–H groups in total. The highest BCUT2D eigenvalue weighted by atomic mass is 19.4. The fourth-order valence-corrected chi connectivity index (χ4v) is 2.06. The van der Waals surface area contributed by atoms with E-state index in [4.69, 9.17) is 4.74 Å². The maximum absolute atomic E-state index is 14.0. The van der Waals surface area contributed by atoms with E-state index in [1.807, 2.05) is 0 Å². The number of para-hydroxylation sites is 1. The summed E-state index contributed by atoms with van der Waals surface area (Å²) in [6, 6.07) is 8.84. The van der Waals surface area contributed by atoms with Crippen molar-refractivity contribution in [3.8, 4) is 16.9 Å². The van der Waals surface area contributed by atoms with Gasteiger partial charge >= 0.3 is 12.3 Å². The molecule has 3 nitrogen and oxygen atoms in total. The summed E-state index contributed by atoms with van der Waals surface area (Å²) in [5.41, 5.74) is -0.539. The average Bonchev–Trinajstić information content (AvgIpc) is 2.46. The van der Waals surface area contributed by atoms with Gasteiger partial charge in [-0.2, -0.15) is 0 Å². The summed E-state index contributed by atoms with van der Waals surface area (Å²) in [6.07, 6.45) is -4.91. The normalized spacial score (nSPS) is 11.2. The third-order valence-electron chi connectivity index (χ3n) is 2.90. The van der Waals surface area contributed by atoms with E-state index in [1.165, 1.54) is 30.3 Å². The fourth-order valence-electron chi connectivity index (χ4n) is 2.06. The number of halogens is 4. The molecule has 0 saturated carbocycles. The van der Waals surface area contributed by atoms with Crippen LogP contribution in [-0.2, 0) is 4.74 Å². The first-order chi connectivity index (χ1) is 10.8. The highest BCUT2D eigenvalue weighted by Gasteiger charge is 2.32. The van der Waals surface area contributed by atoms with Gasteiger partial charge < -0.3 is 9.47 Å². The summed E-state index contributed by atoms with van der Waals surface area (Å²) in [4.78, 5) is 11.9. The van der Waals surface area contributed by atoms with Gasteiger partial charge in [-0.05, 0) is 19.1 Å². The quantitative estimate of drug-likeness (QED) is 0.609. The first-order valence-electron chi connectivity index (χ1n) is 6.64. The summed E-state index contributed by atoms with van der Waals surface area (Å²) in [7, 11) is 0. The summed E-state index contributed by atoms with van der Waals surface area (Å²) in [5.74, 6) is -2.37. The van der Waals surface area contributed by atoms with Crippen LogP contribution in [0.15, 0.2) is 42.5 Å². The Hall–Kier alpha value is -2.57. The molecule has 7 heteroatoms. The molecule has 23 heavy (non-hydrogen) atoms. The lowest BCUT2D eigenvalue weighted by molar-refractivity contribution is -0.274. The van der Waals surface area contributed by atoms with Crippen LogP contribution in [0.3, 0.4) is 0 Å². The van der Waals surface area contributed by atoms with Gasteiger partial charge in [-0.3, -0.25) is 0 Å². The van der Waals surface area contributed by atoms with Crippen molar-refractivity contribution in [2.24, 2.45) is 0 Å². The lowest BCUT2D eigenvalue weighted by atomic mass is 9.98. The minimum Gasteiger partial charge on any atom is -0.462 e. The van der Waals surface area contributed by atoms with Crippen molar-refractivity contribution >= 4 is 5.97 Å². The van der Waals surface area contributed by atoms with Crippen molar-refractivity contribution in [1.29, 1.82) is 0 Å². The van der Waals surface area contributed by atoms with Gasteiger partial charge in [-0.25, -0.2) is 9.18 Å². The van der Waals surface area contributed by atoms with Crippen LogP contribution in [-0.4, -0.2) is 18.9 Å². The lowest BCUT2D eigenvalue weighted by Crippen LogP contribution is -2.18. The molecule has 0 fully saturated rings. The highest BCUT2D eigenvalue weighted by molar-refractivity contribution is 5.98. The van der Waals surface area contributed by atoms with E-state index >= 15 is 0 Å². The molecule has 0 aliphatic heterocycles. The molecule has 0 amide bonds. The number of carbonyl (C=O) groups is 1. The zero-order chi connectivity index (χ0) is 17.0. The molecule has 0 saturated heterocycles. The van der Waals surface area contributed by atoms with Gasteiger partial charge in [0.05, 0.1) is 6.61 Å². The zero-order valence-corrected chi connectivity index (χ0v) is 12.0. The minimum absolute atomic E-state index is 0.00725. The Bertz CT molecular complexity index is 711. The van der Waals surface area contributed by atoms with E-state index in [1.54, 1.807) is 6.92 Å². The van der Waals surface area contributed by atoms with Crippen molar-refractivity contribution in [1.82, 2.24) is 0 Å². The van der Waals surface area contributed by atoms with Crippen LogP contribution in [0.2, 0.25) is 0 Å². The number of alkyl halides is 3. The van der Waals surface area contributed by atoms with Crippen LogP contribution < -0.4 is 4.74 Å². The first kappa shape index (κ1) is 16.8. The predicted octanol–water partition coefficient (Wildman–Crippen LogP) is 4.57. The Morgan fingerprint density at radius 1 is 1.04 bits per heavy atom. The molecule has 0 unspecified atom stereocenters. The molecular weight excluding hydrogens is 316 g/mol. The molecular formula is C16H12F4O3. The molecule has 0 atom stereocenters. The molecule has 0 aliphatic carbocycles. The number of rotatable bonds is 4. The van der Waals surface area contributed by atoms with Crippen molar-refractivity contribution in [3.63, 3.8) is 0 Å². The molecule has 0 radical (unpaired) electrons. The van der Waals surface area contributed by atoms with Crippen molar-refractivity contribution in [2.75, 3.05) is 6.61 Å². The number of benzene rings is 2. The van der Waals surface area contributed by atoms with E-state index < -0.39 is 29.5 Å². The number of hydrogen-bond acceptors (Lipinski definition) is 3. The zero-order valence-electron chi connectivity index (χ0n) is 12.0. The van der Waals surface area contributed by atoms with Gasteiger partial charge in [-0.15, -0.1) is 13.2 Å². The topological polar surface area (TPSA) is 35.5 Å². The molecule has 2 aromatic rings. The van der Waals surface area contributed by atoms with Gasteiger partial charge in [0, 0.05) is 11.1 Å². The largest absolute Gasteiger partial charge is 0.573 e. The molecule has 122 valence electrons. The summed E-state index contributed by atoms with van der Waals surface area (Å²) in [6.45, 7) is 1.55. The van der Waals surface area contributed by atoms with Crippen LogP contribution in [0.5, 0.6) is 5.75 Å². The van der Waals surface area contributed by atoms with E-state index in [-0.39, 0.29) is 17.7 Å². The molecule has 0 bridgehead atoms. The average molecular weight is 328 g/mol. The molecule has 0 aliphatic rings.